The lowest BCUT2D eigenvalue weighted by Gasteiger charge is -2.26. The van der Waals surface area contributed by atoms with Gasteiger partial charge in [0.15, 0.2) is 6.10 Å². The van der Waals surface area contributed by atoms with E-state index in [1.807, 2.05) is 0 Å². The van der Waals surface area contributed by atoms with Crippen molar-refractivity contribution in [3.05, 3.63) is 24.3 Å². The number of fused-ring (bicyclic) bond motifs is 1. The van der Waals surface area contributed by atoms with Gasteiger partial charge in [-0.1, -0.05) is 12.1 Å². The second kappa shape index (κ2) is 5.67. The number of ether oxygens (including phenoxy) is 1. The Morgan fingerprint density at radius 1 is 1.36 bits per heavy atom. The molecule has 2 aliphatic heterocycles. The van der Waals surface area contributed by atoms with Crippen LogP contribution in [0.4, 0.5) is 5.69 Å². The van der Waals surface area contributed by atoms with E-state index in [-0.39, 0.29) is 24.8 Å². The quantitative estimate of drug-likeness (QED) is 0.857. The second-order valence-electron chi connectivity index (χ2n) is 5.46. The van der Waals surface area contributed by atoms with E-state index in [4.69, 9.17) is 9.84 Å². The molecule has 7 heteroatoms. The van der Waals surface area contributed by atoms with Crippen LogP contribution in [0.15, 0.2) is 24.3 Å². The molecule has 0 aromatic heterocycles. The number of likely N-dealkylation sites (tertiary alicyclic amines) is 1. The van der Waals surface area contributed by atoms with Gasteiger partial charge in [-0.2, -0.15) is 0 Å². The molecular weight excluding hydrogens is 288 g/mol. The number of hydrogen-bond acceptors (Lipinski definition) is 4. The summed E-state index contributed by atoms with van der Waals surface area (Å²) in [6.07, 6.45) is -0.528. The van der Waals surface area contributed by atoms with Crippen molar-refractivity contribution >= 4 is 23.5 Å². The van der Waals surface area contributed by atoms with Crippen molar-refractivity contribution in [1.29, 1.82) is 0 Å². The Labute approximate surface area is 126 Å². The van der Waals surface area contributed by atoms with Gasteiger partial charge in [-0.05, 0) is 18.6 Å². The number of aliphatic carboxylic acids is 1. The molecule has 2 atom stereocenters. The third-order valence-corrected chi connectivity index (χ3v) is 3.96. The molecule has 0 radical (unpaired) electrons. The number of carbonyl (C=O) groups is 3. The Morgan fingerprint density at radius 2 is 2.14 bits per heavy atom. The van der Waals surface area contributed by atoms with Gasteiger partial charge in [0.2, 0.25) is 5.91 Å². The van der Waals surface area contributed by atoms with Crippen LogP contribution in [0.5, 0.6) is 5.75 Å². The van der Waals surface area contributed by atoms with Gasteiger partial charge in [-0.25, -0.2) is 0 Å². The number of rotatable bonds is 3. The molecule has 7 nitrogen and oxygen atoms in total. The molecule has 0 saturated carbocycles. The van der Waals surface area contributed by atoms with Gasteiger partial charge in [0.25, 0.3) is 5.91 Å². The largest absolute Gasteiger partial charge is 0.481 e. The van der Waals surface area contributed by atoms with E-state index in [9.17, 15) is 14.4 Å². The van der Waals surface area contributed by atoms with Crippen molar-refractivity contribution in [2.45, 2.75) is 18.9 Å². The van der Waals surface area contributed by atoms with Crippen molar-refractivity contribution in [1.82, 2.24) is 4.90 Å². The van der Waals surface area contributed by atoms with Crippen molar-refractivity contribution in [2.75, 3.05) is 18.4 Å². The summed E-state index contributed by atoms with van der Waals surface area (Å²) in [7, 11) is 0. The highest BCUT2D eigenvalue weighted by atomic mass is 16.5. The first-order valence-electron chi connectivity index (χ1n) is 7.11. The highest BCUT2D eigenvalue weighted by Gasteiger charge is 2.35. The summed E-state index contributed by atoms with van der Waals surface area (Å²) >= 11 is 0. The molecule has 2 unspecified atom stereocenters. The number of nitrogens with one attached hydrogen (secondary N) is 1. The van der Waals surface area contributed by atoms with Crippen LogP contribution in [-0.4, -0.2) is 47.0 Å². The number of amides is 2. The monoisotopic (exact) mass is 304 g/mol. The van der Waals surface area contributed by atoms with Crippen molar-refractivity contribution < 1.29 is 24.2 Å². The predicted octanol–water partition coefficient (Wildman–Crippen LogP) is 0.709. The van der Waals surface area contributed by atoms with Crippen molar-refractivity contribution in [3.63, 3.8) is 0 Å². The predicted molar refractivity (Wildman–Crippen MR) is 76.4 cm³/mol. The van der Waals surface area contributed by atoms with E-state index in [0.29, 0.717) is 24.4 Å². The third kappa shape index (κ3) is 2.74. The number of benzene rings is 1. The molecule has 1 saturated heterocycles. The van der Waals surface area contributed by atoms with E-state index in [0.717, 1.165) is 0 Å². The smallest absolute Gasteiger partial charge is 0.308 e. The van der Waals surface area contributed by atoms with E-state index in [1.54, 1.807) is 24.3 Å². The zero-order valence-corrected chi connectivity index (χ0v) is 11.8. The van der Waals surface area contributed by atoms with Crippen LogP contribution in [-0.2, 0) is 14.4 Å². The van der Waals surface area contributed by atoms with Crippen LogP contribution >= 0.6 is 0 Å². The minimum Gasteiger partial charge on any atom is -0.481 e. The van der Waals surface area contributed by atoms with Gasteiger partial charge < -0.3 is 20.1 Å². The van der Waals surface area contributed by atoms with Crippen LogP contribution in [0.3, 0.4) is 0 Å². The molecule has 22 heavy (non-hydrogen) atoms. The van der Waals surface area contributed by atoms with E-state index < -0.39 is 18.0 Å². The molecule has 0 bridgehead atoms. The molecule has 116 valence electrons. The fourth-order valence-electron chi connectivity index (χ4n) is 2.70. The molecule has 1 aromatic rings. The fraction of sp³-hybridized carbons (Fsp3) is 0.400. The first-order chi connectivity index (χ1) is 10.5. The SMILES string of the molecule is O=C(O)C1CCN(C(=O)CC2Oc3ccccc3NC2=O)C1. The highest BCUT2D eigenvalue weighted by molar-refractivity contribution is 6.00. The maximum Gasteiger partial charge on any atom is 0.308 e. The molecular formula is C15H16N2O5. The lowest BCUT2D eigenvalue weighted by atomic mass is 10.1. The molecule has 1 aromatic carbocycles. The number of carbonyl (C=O) groups excluding carboxylic acids is 2. The Kier molecular flexibility index (Phi) is 3.70. The van der Waals surface area contributed by atoms with E-state index >= 15 is 0 Å². The standard InChI is InChI=1S/C15H16N2O5/c18-13(17-6-5-9(8-17)15(20)21)7-12-14(19)16-10-3-1-2-4-11(10)22-12/h1-4,9,12H,5-8H2,(H,16,19)(H,20,21). The third-order valence-electron chi connectivity index (χ3n) is 3.96. The molecule has 2 amide bonds. The average Bonchev–Trinajstić information content (AvgIpc) is 2.98. The first kappa shape index (κ1) is 14.4. The second-order valence-corrected chi connectivity index (χ2v) is 5.46. The topological polar surface area (TPSA) is 95.9 Å². The lowest BCUT2D eigenvalue weighted by Crippen LogP contribution is -2.42. The lowest BCUT2D eigenvalue weighted by molar-refractivity contribution is -0.142. The van der Waals surface area contributed by atoms with Crippen LogP contribution in [0.2, 0.25) is 0 Å². The van der Waals surface area contributed by atoms with Gasteiger partial charge in [0, 0.05) is 13.1 Å². The number of nitrogens with zero attached hydrogens (tertiary/aromatic N) is 1. The van der Waals surface area contributed by atoms with Gasteiger partial charge >= 0.3 is 5.97 Å². The Bertz CT molecular complexity index is 630. The molecule has 0 aliphatic carbocycles. The van der Waals surface area contributed by atoms with Gasteiger partial charge in [0.1, 0.15) is 5.75 Å². The van der Waals surface area contributed by atoms with Crippen LogP contribution in [0.1, 0.15) is 12.8 Å². The normalized spacial score (nSPS) is 23.5. The van der Waals surface area contributed by atoms with Gasteiger partial charge in [-0.15, -0.1) is 0 Å². The number of carboxylic acids is 1. The summed E-state index contributed by atoms with van der Waals surface area (Å²) < 4.78 is 5.57. The fourth-order valence-corrected chi connectivity index (χ4v) is 2.70. The minimum atomic E-state index is -0.893. The number of hydrogen-bond donors (Lipinski definition) is 2. The molecule has 2 heterocycles. The van der Waals surface area contributed by atoms with Gasteiger partial charge in [-0.3, -0.25) is 14.4 Å². The summed E-state index contributed by atoms with van der Waals surface area (Å²) in [5, 5.41) is 11.7. The Balaban J connectivity index is 1.63. The average molecular weight is 304 g/mol. The van der Waals surface area contributed by atoms with Crippen LogP contribution in [0, 0.1) is 5.92 Å². The zero-order chi connectivity index (χ0) is 15.7. The number of para-hydroxylation sites is 2. The molecule has 2 N–H and O–H groups in total. The summed E-state index contributed by atoms with van der Waals surface area (Å²) in [6.45, 7) is 0.597. The Morgan fingerprint density at radius 3 is 2.86 bits per heavy atom. The van der Waals surface area contributed by atoms with E-state index in [1.165, 1.54) is 4.90 Å². The first-order valence-corrected chi connectivity index (χ1v) is 7.11. The maximum absolute atomic E-state index is 12.2. The zero-order valence-electron chi connectivity index (χ0n) is 11.8. The molecule has 3 rings (SSSR count). The summed E-state index contributed by atoms with van der Waals surface area (Å²) in [5.41, 5.74) is 0.586. The minimum absolute atomic E-state index is 0.0908. The molecule has 2 aliphatic rings. The Hall–Kier alpha value is -2.57. The van der Waals surface area contributed by atoms with Crippen molar-refractivity contribution in [3.8, 4) is 5.75 Å². The number of carboxylic acid groups (broad SMARTS) is 1. The number of anilines is 1. The van der Waals surface area contributed by atoms with Crippen molar-refractivity contribution in [2.24, 2.45) is 5.92 Å². The highest BCUT2D eigenvalue weighted by Crippen LogP contribution is 2.30. The summed E-state index contributed by atoms with van der Waals surface area (Å²) in [6, 6.07) is 7.02. The van der Waals surface area contributed by atoms with Crippen LogP contribution < -0.4 is 10.1 Å². The summed E-state index contributed by atoms with van der Waals surface area (Å²) in [5.74, 6) is -1.50. The maximum atomic E-state index is 12.2. The summed E-state index contributed by atoms with van der Waals surface area (Å²) in [4.78, 5) is 36.6. The van der Waals surface area contributed by atoms with Gasteiger partial charge in [0.05, 0.1) is 18.0 Å². The molecule has 0 spiro atoms. The molecule has 1 fully saturated rings. The van der Waals surface area contributed by atoms with E-state index in [2.05, 4.69) is 5.32 Å². The van der Waals surface area contributed by atoms with Crippen LogP contribution in [0.25, 0.3) is 0 Å².